The first kappa shape index (κ1) is 12.9. The number of ether oxygens (including phenoxy) is 2. The highest BCUT2D eigenvalue weighted by Crippen LogP contribution is 2.29. The third-order valence-corrected chi connectivity index (χ3v) is 2.58. The van der Waals surface area contributed by atoms with Crippen molar-refractivity contribution < 1.29 is 28.6 Å². The van der Waals surface area contributed by atoms with Crippen molar-refractivity contribution in [3.8, 4) is 5.75 Å². The van der Waals surface area contributed by atoms with Crippen LogP contribution in [0.3, 0.4) is 0 Å². The lowest BCUT2D eigenvalue weighted by molar-refractivity contribution is -0.307. The number of rotatable bonds is 4. The predicted molar refractivity (Wildman–Crippen MR) is 62.8 cm³/mol. The molecule has 1 heterocycles. The molecule has 0 N–H and O–H groups in total. The van der Waals surface area contributed by atoms with Crippen LogP contribution in [0, 0.1) is 6.92 Å². The molecule has 0 aliphatic heterocycles. The summed E-state index contributed by atoms with van der Waals surface area (Å²) in [5.41, 5.74) is 0.801. The van der Waals surface area contributed by atoms with Crippen LogP contribution in [0.25, 0.3) is 11.0 Å². The number of hydrogen-bond acceptors (Lipinski definition) is 6. The second-order valence-electron chi connectivity index (χ2n) is 3.84. The zero-order chi connectivity index (χ0) is 14.0. The molecule has 19 heavy (non-hydrogen) atoms. The molecule has 0 saturated heterocycles. The number of hydrogen-bond donors (Lipinski definition) is 0. The summed E-state index contributed by atoms with van der Waals surface area (Å²) in [6.07, 6.45) is 0. The average Bonchev–Trinajstić information content (AvgIpc) is 2.70. The van der Waals surface area contributed by atoms with Gasteiger partial charge in [0.25, 0.3) is 0 Å². The Morgan fingerprint density at radius 3 is 2.74 bits per heavy atom. The number of methoxy groups -OCH3 is 1. The molecule has 0 spiro atoms. The van der Waals surface area contributed by atoms with Crippen LogP contribution in [0.4, 0.5) is 0 Å². The van der Waals surface area contributed by atoms with E-state index in [1.807, 2.05) is 0 Å². The summed E-state index contributed by atoms with van der Waals surface area (Å²) in [6, 6.07) is 4.68. The molecule has 6 nitrogen and oxygen atoms in total. The molecule has 0 aliphatic rings. The third-order valence-electron chi connectivity index (χ3n) is 2.58. The highest BCUT2D eigenvalue weighted by atomic mass is 16.5. The van der Waals surface area contributed by atoms with Crippen LogP contribution in [-0.2, 0) is 9.53 Å². The fourth-order valence-electron chi connectivity index (χ4n) is 1.79. The van der Waals surface area contributed by atoms with Gasteiger partial charge >= 0.3 is 5.97 Å². The molecule has 1 aromatic heterocycles. The molecular formula is C13H11O6-. The number of benzene rings is 1. The maximum atomic E-state index is 11.7. The van der Waals surface area contributed by atoms with Gasteiger partial charge in [0.1, 0.15) is 29.3 Å². The van der Waals surface area contributed by atoms with E-state index in [1.54, 1.807) is 19.1 Å². The fourth-order valence-corrected chi connectivity index (χ4v) is 1.79. The molecule has 0 unspecified atom stereocenters. The zero-order valence-electron chi connectivity index (χ0n) is 10.4. The molecule has 2 aromatic rings. The van der Waals surface area contributed by atoms with E-state index >= 15 is 0 Å². The van der Waals surface area contributed by atoms with Crippen LogP contribution in [0.2, 0.25) is 0 Å². The monoisotopic (exact) mass is 263 g/mol. The van der Waals surface area contributed by atoms with E-state index in [-0.39, 0.29) is 0 Å². The Balaban J connectivity index is 2.45. The van der Waals surface area contributed by atoms with Gasteiger partial charge in [0, 0.05) is 5.39 Å². The third kappa shape index (κ3) is 2.52. The smallest absolute Gasteiger partial charge is 0.342 e. The number of carbonyl (C=O) groups is 2. The van der Waals surface area contributed by atoms with Crippen molar-refractivity contribution in [2.24, 2.45) is 0 Å². The number of esters is 1. The van der Waals surface area contributed by atoms with Crippen LogP contribution >= 0.6 is 0 Å². The number of carboxylic acid groups (broad SMARTS) is 1. The Kier molecular flexibility index (Phi) is 3.41. The van der Waals surface area contributed by atoms with Crippen LogP contribution in [0.1, 0.15) is 16.1 Å². The van der Waals surface area contributed by atoms with E-state index in [9.17, 15) is 14.7 Å². The summed E-state index contributed by atoms with van der Waals surface area (Å²) in [7, 11) is 1.27. The molecule has 0 radical (unpaired) electrons. The van der Waals surface area contributed by atoms with Gasteiger partial charge < -0.3 is 23.8 Å². The van der Waals surface area contributed by atoms with Crippen molar-refractivity contribution in [2.75, 3.05) is 13.7 Å². The van der Waals surface area contributed by atoms with Crippen LogP contribution in [0.5, 0.6) is 5.75 Å². The summed E-state index contributed by atoms with van der Waals surface area (Å²) in [5, 5.41) is 10.8. The lowest BCUT2D eigenvalue weighted by atomic mass is 10.1. The minimum atomic E-state index is -1.32. The topological polar surface area (TPSA) is 88.8 Å². The van der Waals surface area contributed by atoms with E-state index in [4.69, 9.17) is 9.15 Å². The van der Waals surface area contributed by atoms with E-state index in [1.165, 1.54) is 13.2 Å². The fraction of sp³-hybridized carbons (Fsp3) is 0.231. The molecule has 0 amide bonds. The minimum absolute atomic E-state index is 0.302. The molecule has 0 aliphatic carbocycles. The normalized spacial score (nSPS) is 10.4. The van der Waals surface area contributed by atoms with Gasteiger partial charge in [-0.1, -0.05) is 0 Å². The Bertz CT molecular complexity index is 640. The quantitative estimate of drug-likeness (QED) is 0.753. The molecule has 0 atom stereocenters. The van der Waals surface area contributed by atoms with Gasteiger partial charge in [0.05, 0.1) is 13.1 Å². The Morgan fingerprint density at radius 2 is 2.11 bits per heavy atom. The summed E-state index contributed by atoms with van der Waals surface area (Å²) >= 11 is 0. The maximum Gasteiger partial charge on any atom is 0.342 e. The molecule has 1 aromatic carbocycles. The molecule has 6 heteroatoms. The molecule has 0 bridgehead atoms. The van der Waals surface area contributed by atoms with Crippen molar-refractivity contribution in [3.63, 3.8) is 0 Å². The van der Waals surface area contributed by atoms with E-state index in [0.29, 0.717) is 28.0 Å². The van der Waals surface area contributed by atoms with Crippen molar-refractivity contribution in [2.45, 2.75) is 6.92 Å². The standard InChI is InChI=1S/C13H12O6/c1-7-12(13(16)17-2)9-5-8(18-6-11(14)15)3-4-10(9)19-7/h3-5H,6H2,1-2H3,(H,14,15)/p-1. The van der Waals surface area contributed by atoms with E-state index < -0.39 is 18.5 Å². The highest BCUT2D eigenvalue weighted by Gasteiger charge is 2.19. The van der Waals surface area contributed by atoms with Crippen molar-refractivity contribution in [3.05, 3.63) is 29.5 Å². The molecule has 0 fully saturated rings. The first-order valence-corrected chi connectivity index (χ1v) is 5.47. The number of carbonyl (C=O) groups excluding carboxylic acids is 2. The first-order chi connectivity index (χ1) is 9.02. The van der Waals surface area contributed by atoms with Gasteiger partial charge in [-0.3, -0.25) is 0 Å². The Morgan fingerprint density at radius 1 is 1.37 bits per heavy atom. The zero-order valence-corrected chi connectivity index (χ0v) is 10.4. The highest BCUT2D eigenvalue weighted by molar-refractivity contribution is 6.04. The lowest BCUT2D eigenvalue weighted by Gasteiger charge is -2.06. The van der Waals surface area contributed by atoms with Crippen LogP contribution < -0.4 is 9.84 Å². The van der Waals surface area contributed by atoms with E-state index in [0.717, 1.165) is 0 Å². The molecule has 0 saturated carbocycles. The van der Waals surface area contributed by atoms with Crippen molar-refractivity contribution >= 4 is 22.9 Å². The number of aryl methyl sites for hydroxylation is 1. The number of aliphatic carboxylic acids is 1. The molecular weight excluding hydrogens is 252 g/mol. The van der Waals surface area contributed by atoms with Gasteiger partial charge in [0.15, 0.2) is 0 Å². The molecule has 2 rings (SSSR count). The van der Waals surface area contributed by atoms with Gasteiger partial charge in [-0.25, -0.2) is 4.79 Å². The summed E-state index contributed by atoms with van der Waals surface area (Å²) in [4.78, 5) is 22.0. The predicted octanol–water partition coefficient (Wildman–Crippen LogP) is 0.657. The van der Waals surface area contributed by atoms with Gasteiger partial charge in [-0.15, -0.1) is 0 Å². The summed E-state index contributed by atoms with van der Waals surface area (Å²) < 4.78 is 15.1. The van der Waals surface area contributed by atoms with Crippen LogP contribution in [-0.4, -0.2) is 25.7 Å². The molecule has 100 valence electrons. The Labute approximate surface area is 108 Å². The van der Waals surface area contributed by atoms with Crippen LogP contribution in [0.15, 0.2) is 22.6 Å². The number of carboxylic acids is 1. The Hall–Kier alpha value is -2.50. The average molecular weight is 263 g/mol. The largest absolute Gasteiger partial charge is 0.546 e. The van der Waals surface area contributed by atoms with Gasteiger partial charge in [-0.05, 0) is 25.1 Å². The van der Waals surface area contributed by atoms with Crippen molar-refractivity contribution in [1.29, 1.82) is 0 Å². The first-order valence-electron chi connectivity index (χ1n) is 5.47. The van der Waals surface area contributed by atoms with Crippen molar-refractivity contribution in [1.82, 2.24) is 0 Å². The SMILES string of the molecule is COC(=O)c1c(C)oc2ccc(OCC(=O)[O-])cc12. The number of fused-ring (bicyclic) bond motifs is 1. The van der Waals surface area contributed by atoms with Gasteiger partial charge in [-0.2, -0.15) is 0 Å². The minimum Gasteiger partial charge on any atom is -0.546 e. The van der Waals surface area contributed by atoms with Gasteiger partial charge in [0.2, 0.25) is 0 Å². The van der Waals surface area contributed by atoms with E-state index in [2.05, 4.69) is 4.74 Å². The number of furan rings is 1. The lowest BCUT2D eigenvalue weighted by Crippen LogP contribution is -2.28. The second-order valence-corrected chi connectivity index (χ2v) is 3.84. The second kappa shape index (κ2) is 5.01. The summed E-state index contributed by atoms with van der Waals surface area (Å²) in [5.74, 6) is -1.11. The summed E-state index contributed by atoms with van der Waals surface area (Å²) in [6.45, 7) is 1.09. The maximum absolute atomic E-state index is 11.7.